The van der Waals surface area contributed by atoms with E-state index in [1.54, 1.807) is 6.07 Å². The maximum Gasteiger partial charge on any atom is 0.306 e. The van der Waals surface area contributed by atoms with E-state index in [-0.39, 0.29) is 37.7 Å². The molecule has 0 unspecified atom stereocenters. The number of nitrogens with zero attached hydrogens (tertiary/aromatic N) is 3. The summed E-state index contributed by atoms with van der Waals surface area (Å²) in [5.74, 6) is -2.12. The normalized spacial score (nSPS) is 16.0. The van der Waals surface area contributed by atoms with Gasteiger partial charge in [-0.25, -0.2) is 0 Å². The molecule has 8 nitrogen and oxygen atoms in total. The molecule has 1 heterocycles. The molecule has 22 heavy (non-hydrogen) atoms. The minimum atomic E-state index is -0.867. The second-order valence-corrected chi connectivity index (χ2v) is 5.06. The predicted octanol–water partition coefficient (Wildman–Crippen LogP) is -0.476. The summed E-state index contributed by atoms with van der Waals surface area (Å²) in [7, 11) is 0. The fourth-order valence-electron chi connectivity index (χ4n) is 2.24. The smallest absolute Gasteiger partial charge is 0.306 e. The molecule has 0 atom stereocenters. The van der Waals surface area contributed by atoms with Gasteiger partial charge in [-0.15, -0.1) is 0 Å². The highest BCUT2D eigenvalue weighted by Crippen LogP contribution is 2.19. The fraction of sp³-hybridized carbons (Fsp3) is 0.571. The van der Waals surface area contributed by atoms with Crippen LogP contribution in [0, 0.1) is 17.2 Å². The Hall–Kier alpha value is -2.40. The fourth-order valence-corrected chi connectivity index (χ4v) is 2.24. The van der Waals surface area contributed by atoms with Crippen LogP contribution in [0.5, 0.6) is 0 Å². The zero-order valence-corrected chi connectivity index (χ0v) is 12.5. The van der Waals surface area contributed by atoms with E-state index in [9.17, 15) is 14.4 Å². The number of likely N-dealkylation sites (tertiary alicyclic amines) is 1. The number of carbonyl (C=O) groups excluding carboxylic acids is 2. The van der Waals surface area contributed by atoms with Gasteiger partial charge in [0, 0.05) is 39.3 Å². The highest BCUT2D eigenvalue weighted by atomic mass is 16.4. The lowest BCUT2D eigenvalue weighted by atomic mass is 9.97. The Labute approximate surface area is 128 Å². The Bertz CT molecular complexity index is 515. The standard InChI is InChI=1S/C14H20N4O4/c1-10(19)18(7-4-15)9-12(8-16)13(20)17-5-2-11(3-6-17)14(21)22/h9,11H,2-7,15H2,1H3,(H,21,22)/b12-9-. The molecule has 0 bridgehead atoms. The van der Waals surface area contributed by atoms with E-state index < -0.39 is 17.8 Å². The molecule has 1 aliphatic heterocycles. The Morgan fingerprint density at radius 1 is 1.41 bits per heavy atom. The molecule has 0 aliphatic carbocycles. The summed E-state index contributed by atoms with van der Waals surface area (Å²) in [5.41, 5.74) is 5.23. The summed E-state index contributed by atoms with van der Waals surface area (Å²) >= 11 is 0. The molecule has 0 radical (unpaired) electrons. The van der Waals surface area contributed by atoms with Crippen LogP contribution in [0.25, 0.3) is 0 Å². The predicted molar refractivity (Wildman–Crippen MR) is 77.1 cm³/mol. The number of hydrogen-bond acceptors (Lipinski definition) is 5. The van der Waals surface area contributed by atoms with E-state index in [1.165, 1.54) is 22.9 Å². The van der Waals surface area contributed by atoms with Crippen LogP contribution in [-0.4, -0.2) is 58.9 Å². The number of carboxylic acid groups (broad SMARTS) is 1. The summed E-state index contributed by atoms with van der Waals surface area (Å²) in [6.07, 6.45) is 1.93. The first kappa shape index (κ1) is 17.7. The van der Waals surface area contributed by atoms with Crippen molar-refractivity contribution in [1.82, 2.24) is 9.80 Å². The number of nitrogens with two attached hydrogens (primary N) is 1. The molecule has 2 amide bonds. The van der Waals surface area contributed by atoms with Gasteiger partial charge in [0.25, 0.3) is 5.91 Å². The van der Waals surface area contributed by atoms with Gasteiger partial charge in [-0.3, -0.25) is 14.4 Å². The average Bonchev–Trinajstić information content (AvgIpc) is 2.50. The molecule has 0 spiro atoms. The van der Waals surface area contributed by atoms with Crippen molar-refractivity contribution >= 4 is 17.8 Å². The molecular formula is C14H20N4O4. The van der Waals surface area contributed by atoms with Crippen molar-refractivity contribution in [1.29, 1.82) is 5.26 Å². The third-order valence-electron chi connectivity index (χ3n) is 3.54. The summed E-state index contributed by atoms with van der Waals surface area (Å²) in [5, 5.41) is 18.1. The summed E-state index contributed by atoms with van der Waals surface area (Å²) in [4.78, 5) is 37.3. The van der Waals surface area contributed by atoms with E-state index in [0.29, 0.717) is 12.8 Å². The molecule has 120 valence electrons. The van der Waals surface area contributed by atoms with Crippen molar-refractivity contribution in [3.05, 3.63) is 11.8 Å². The summed E-state index contributed by atoms with van der Waals surface area (Å²) < 4.78 is 0. The minimum absolute atomic E-state index is 0.155. The van der Waals surface area contributed by atoms with Crippen LogP contribution < -0.4 is 5.73 Å². The maximum atomic E-state index is 12.3. The van der Waals surface area contributed by atoms with Gasteiger partial charge in [0.1, 0.15) is 11.6 Å². The van der Waals surface area contributed by atoms with Crippen LogP contribution in [0.1, 0.15) is 19.8 Å². The van der Waals surface area contributed by atoms with Crippen LogP contribution in [-0.2, 0) is 14.4 Å². The van der Waals surface area contributed by atoms with E-state index in [1.807, 2.05) is 0 Å². The molecule has 1 fully saturated rings. The van der Waals surface area contributed by atoms with Crippen molar-refractivity contribution in [3.8, 4) is 6.07 Å². The minimum Gasteiger partial charge on any atom is -0.481 e. The van der Waals surface area contributed by atoms with Crippen LogP contribution in [0.3, 0.4) is 0 Å². The Morgan fingerprint density at radius 2 is 2.00 bits per heavy atom. The van der Waals surface area contributed by atoms with Gasteiger partial charge in [-0.2, -0.15) is 5.26 Å². The SMILES string of the molecule is CC(=O)N(/C=C(/C#N)C(=O)N1CCC(C(=O)O)CC1)CCN. The number of rotatable bonds is 5. The Kier molecular flexibility index (Phi) is 6.53. The molecule has 8 heteroatoms. The van der Waals surface area contributed by atoms with Crippen LogP contribution >= 0.6 is 0 Å². The molecular weight excluding hydrogens is 288 g/mol. The van der Waals surface area contributed by atoms with Crippen molar-refractivity contribution in [2.24, 2.45) is 11.7 Å². The van der Waals surface area contributed by atoms with Crippen LogP contribution in [0.2, 0.25) is 0 Å². The number of aliphatic carboxylic acids is 1. The summed E-state index contributed by atoms with van der Waals surface area (Å²) in [6, 6.07) is 1.80. The van der Waals surface area contributed by atoms with Gasteiger partial charge >= 0.3 is 5.97 Å². The first-order valence-electron chi connectivity index (χ1n) is 7.02. The third kappa shape index (κ3) is 4.56. The van der Waals surface area contributed by atoms with Crippen molar-refractivity contribution < 1.29 is 19.5 Å². The number of nitriles is 1. The van der Waals surface area contributed by atoms with Crippen LogP contribution in [0.4, 0.5) is 0 Å². The lowest BCUT2D eigenvalue weighted by Crippen LogP contribution is -2.41. The second-order valence-electron chi connectivity index (χ2n) is 5.06. The lowest BCUT2D eigenvalue weighted by molar-refractivity contribution is -0.145. The molecule has 0 aromatic carbocycles. The molecule has 0 aromatic rings. The molecule has 0 saturated carbocycles. The number of hydrogen-bond donors (Lipinski definition) is 2. The monoisotopic (exact) mass is 308 g/mol. The number of carbonyl (C=O) groups is 3. The van der Waals surface area contributed by atoms with E-state index >= 15 is 0 Å². The highest BCUT2D eigenvalue weighted by Gasteiger charge is 2.28. The van der Waals surface area contributed by atoms with Crippen LogP contribution in [0.15, 0.2) is 11.8 Å². The Balaban J connectivity index is 2.79. The topological polar surface area (TPSA) is 128 Å². The zero-order valence-electron chi connectivity index (χ0n) is 12.5. The van der Waals surface area contributed by atoms with E-state index in [0.717, 1.165) is 0 Å². The first-order valence-corrected chi connectivity index (χ1v) is 7.02. The number of amides is 2. The number of piperidine rings is 1. The van der Waals surface area contributed by atoms with Crippen molar-refractivity contribution in [3.63, 3.8) is 0 Å². The molecule has 1 rings (SSSR count). The van der Waals surface area contributed by atoms with Gasteiger partial charge in [0.2, 0.25) is 5.91 Å². The largest absolute Gasteiger partial charge is 0.481 e. The van der Waals surface area contributed by atoms with Gasteiger partial charge in [0.05, 0.1) is 5.92 Å². The molecule has 3 N–H and O–H groups in total. The second kappa shape index (κ2) is 8.14. The van der Waals surface area contributed by atoms with Crippen molar-refractivity contribution in [2.45, 2.75) is 19.8 Å². The third-order valence-corrected chi connectivity index (χ3v) is 3.54. The lowest BCUT2D eigenvalue weighted by Gasteiger charge is -2.30. The number of carboxylic acids is 1. The zero-order chi connectivity index (χ0) is 16.7. The van der Waals surface area contributed by atoms with E-state index in [2.05, 4.69) is 0 Å². The molecule has 1 aliphatic rings. The Morgan fingerprint density at radius 3 is 2.41 bits per heavy atom. The first-order chi connectivity index (χ1) is 10.4. The van der Waals surface area contributed by atoms with Gasteiger partial charge in [-0.05, 0) is 12.8 Å². The summed E-state index contributed by atoms with van der Waals surface area (Å²) in [6.45, 7) is 2.32. The average molecular weight is 308 g/mol. The van der Waals surface area contributed by atoms with E-state index in [4.69, 9.17) is 16.1 Å². The van der Waals surface area contributed by atoms with Gasteiger partial charge in [-0.1, -0.05) is 0 Å². The molecule has 1 saturated heterocycles. The van der Waals surface area contributed by atoms with Crippen molar-refractivity contribution in [2.75, 3.05) is 26.2 Å². The molecule has 0 aromatic heterocycles. The maximum absolute atomic E-state index is 12.3. The van der Waals surface area contributed by atoms with Gasteiger partial charge in [0.15, 0.2) is 0 Å². The quantitative estimate of drug-likeness (QED) is 0.522. The highest BCUT2D eigenvalue weighted by molar-refractivity contribution is 5.97. The van der Waals surface area contributed by atoms with Gasteiger partial charge < -0.3 is 20.6 Å².